The van der Waals surface area contributed by atoms with Gasteiger partial charge < -0.3 is 0 Å². The number of aromatic nitrogens is 3. The van der Waals surface area contributed by atoms with Gasteiger partial charge in [0.15, 0.2) is 5.69 Å². The monoisotopic (exact) mass is 214 g/mol. The summed E-state index contributed by atoms with van der Waals surface area (Å²) in [5.41, 5.74) is 0.346. The zero-order valence-corrected chi connectivity index (χ0v) is 7.67. The second-order valence-electron chi connectivity index (χ2n) is 2.06. The second-order valence-corrected chi connectivity index (χ2v) is 2.81. The molecule has 1 rings (SSSR count). The molecular formula is C6H7BrN4. The highest BCUT2D eigenvalue weighted by Crippen LogP contribution is 2.12. The van der Waals surface area contributed by atoms with Crippen molar-refractivity contribution in [2.24, 2.45) is 0 Å². The van der Waals surface area contributed by atoms with Crippen LogP contribution in [0.4, 0.5) is 0 Å². The van der Waals surface area contributed by atoms with Crippen molar-refractivity contribution in [3.05, 3.63) is 10.3 Å². The molecule has 5 heteroatoms. The molecule has 0 aromatic carbocycles. The first kappa shape index (κ1) is 8.21. The summed E-state index contributed by atoms with van der Waals surface area (Å²) in [6.45, 7) is 2.83. The van der Waals surface area contributed by atoms with E-state index in [1.807, 2.05) is 13.0 Å². The molecule has 1 aromatic heterocycles. The fourth-order valence-electron chi connectivity index (χ4n) is 0.725. The molecule has 0 atom stereocenters. The molecule has 0 aliphatic rings. The first-order chi connectivity index (χ1) is 5.29. The molecule has 0 aliphatic carbocycles. The second kappa shape index (κ2) is 3.49. The number of halogens is 1. The van der Waals surface area contributed by atoms with E-state index in [-0.39, 0.29) is 0 Å². The fraction of sp³-hybridized carbons (Fsp3) is 0.500. The van der Waals surface area contributed by atoms with Gasteiger partial charge in [0.1, 0.15) is 10.7 Å². The average molecular weight is 215 g/mol. The van der Waals surface area contributed by atoms with Gasteiger partial charge in [-0.25, -0.2) is 4.68 Å². The zero-order valence-electron chi connectivity index (χ0n) is 6.08. The highest BCUT2D eigenvalue weighted by atomic mass is 79.9. The summed E-state index contributed by atoms with van der Waals surface area (Å²) in [6, 6.07) is 1.93. The van der Waals surface area contributed by atoms with Crippen molar-refractivity contribution in [3.8, 4) is 6.07 Å². The number of nitriles is 1. The Labute approximate surface area is 72.9 Å². The van der Waals surface area contributed by atoms with Crippen molar-refractivity contribution in [2.75, 3.05) is 0 Å². The summed E-state index contributed by atoms with van der Waals surface area (Å²) in [5.74, 6) is 0. The molecule has 58 valence electrons. The lowest BCUT2D eigenvalue weighted by atomic mass is 10.5. The van der Waals surface area contributed by atoms with E-state index in [2.05, 4.69) is 26.2 Å². The van der Waals surface area contributed by atoms with Gasteiger partial charge in [-0.1, -0.05) is 12.1 Å². The maximum Gasteiger partial charge on any atom is 0.197 e. The van der Waals surface area contributed by atoms with E-state index in [1.165, 1.54) is 0 Å². The van der Waals surface area contributed by atoms with Crippen molar-refractivity contribution in [1.82, 2.24) is 15.0 Å². The minimum absolute atomic E-state index is 0.346. The summed E-state index contributed by atoms with van der Waals surface area (Å²) in [7, 11) is 0. The van der Waals surface area contributed by atoms with Gasteiger partial charge in [0, 0.05) is 6.54 Å². The van der Waals surface area contributed by atoms with Crippen LogP contribution < -0.4 is 0 Å². The normalized spacial score (nSPS) is 9.55. The van der Waals surface area contributed by atoms with Gasteiger partial charge >= 0.3 is 0 Å². The molecule has 11 heavy (non-hydrogen) atoms. The van der Waals surface area contributed by atoms with E-state index in [4.69, 9.17) is 5.26 Å². The van der Waals surface area contributed by atoms with E-state index >= 15 is 0 Å². The summed E-state index contributed by atoms with van der Waals surface area (Å²) in [6.07, 6.45) is 0.979. The molecule has 0 saturated carbocycles. The van der Waals surface area contributed by atoms with E-state index < -0.39 is 0 Å². The molecule has 1 aromatic rings. The summed E-state index contributed by atoms with van der Waals surface area (Å²) in [4.78, 5) is 0. The quantitative estimate of drug-likeness (QED) is 0.747. The highest BCUT2D eigenvalue weighted by molar-refractivity contribution is 9.10. The largest absolute Gasteiger partial charge is 0.237 e. The molecule has 0 amide bonds. The van der Waals surface area contributed by atoms with Crippen molar-refractivity contribution < 1.29 is 0 Å². The van der Waals surface area contributed by atoms with E-state index in [9.17, 15) is 0 Å². The van der Waals surface area contributed by atoms with Gasteiger partial charge in [0.25, 0.3) is 0 Å². The third-order valence-corrected chi connectivity index (χ3v) is 2.00. The Bertz CT molecular complexity index is 285. The standard InChI is InChI=1S/C6H7BrN4/c1-2-3-11-6(7)5(4-8)9-10-11/h2-3H2,1H3. The smallest absolute Gasteiger partial charge is 0.197 e. The van der Waals surface area contributed by atoms with Gasteiger partial charge in [-0.05, 0) is 22.4 Å². The summed E-state index contributed by atoms with van der Waals surface area (Å²) in [5, 5.41) is 15.9. The van der Waals surface area contributed by atoms with Crippen LogP contribution in [-0.4, -0.2) is 15.0 Å². The third kappa shape index (κ3) is 1.57. The van der Waals surface area contributed by atoms with Crippen LogP contribution in [0, 0.1) is 11.3 Å². The van der Waals surface area contributed by atoms with Crippen LogP contribution in [0.5, 0.6) is 0 Å². The van der Waals surface area contributed by atoms with Crippen LogP contribution in [0.1, 0.15) is 19.0 Å². The van der Waals surface area contributed by atoms with Crippen molar-refractivity contribution >= 4 is 15.9 Å². The van der Waals surface area contributed by atoms with Gasteiger partial charge in [0.05, 0.1) is 0 Å². The Hall–Kier alpha value is -0.890. The minimum Gasteiger partial charge on any atom is -0.237 e. The fourth-order valence-corrected chi connectivity index (χ4v) is 1.14. The van der Waals surface area contributed by atoms with Crippen LogP contribution >= 0.6 is 15.9 Å². The maximum absolute atomic E-state index is 8.50. The molecule has 0 fully saturated rings. The minimum atomic E-state index is 0.346. The van der Waals surface area contributed by atoms with Gasteiger partial charge in [-0.15, -0.1) is 5.10 Å². The molecule has 0 aliphatic heterocycles. The predicted molar refractivity (Wildman–Crippen MR) is 42.7 cm³/mol. The van der Waals surface area contributed by atoms with Crippen LogP contribution in [0.15, 0.2) is 4.60 Å². The summed E-state index contributed by atoms with van der Waals surface area (Å²) >= 11 is 3.23. The summed E-state index contributed by atoms with van der Waals surface area (Å²) < 4.78 is 2.33. The predicted octanol–water partition coefficient (Wildman–Crippen LogP) is 1.32. The molecule has 0 saturated heterocycles. The van der Waals surface area contributed by atoms with Gasteiger partial charge in [-0.2, -0.15) is 5.26 Å². The first-order valence-corrected chi connectivity index (χ1v) is 4.08. The highest BCUT2D eigenvalue weighted by Gasteiger charge is 2.06. The van der Waals surface area contributed by atoms with Crippen molar-refractivity contribution in [2.45, 2.75) is 19.9 Å². The lowest BCUT2D eigenvalue weighted by molar-refractivity contribution is 0.569. The molecule has 4 nitrogen and oxygen atoms in total. The number of rotatable bonds is 2. The SMILES string of the molecule is CCCn1nnc(C#N)c1Br. The molecule has 0 spiro atoms. The van der Waals surface area contributed by atoms with Crippen LogP contribution in [-0.2, 0) is 6.54 Å². The van der Waals surface area contributed by atoms with Crippen LogP contribution in [0.2, 0.25) is 0 Å². The van der Waals surface area contributed by atoms with E-state index in [0.717, 1.165) is 13.0 Å². The molecule has 0 N–H and O–H groups in total. The molecule has 0 radical (unpaired) electrons. The van der Waals surface area contributed by atoms with Gasteiger partial charge in [-0.3, -0.25) is 0 Å². The Morgan fingerprint density at radius 1 is 1.73 bits per heavy atom. The van der Waals surface area contributed by atoms with Crippen LogP contribution in [0.3, 0.4) is 0 Å². The molecule has 0 bridgehead atoms. The van der Waals surface area contributed by atoms with Gasteiger partial charge in [0.2, 0.25) is 0 Å². The maximum atomic E-state index is 8.50. The lowest BCUT2D eigenvalue weighted by Gasteiger charge is -1.95. The first-order valence-electron chi connectivity index (χ1n) is 3.28. The molecule has 1 heterocycles. The van der Waals surface area contributed by atoms with E-state index in [1.54, 1.807) is 4.68 Å². The van der Waals surface area contributed by atoms with E-state index in [0.29, 0.717) is 10.3 Å². The van der Waals surface area contributed by atoms with Crippen molar-refractivity contribution in [1.29, 1.82) is 5.26 Å². The van der Waals surface area contributed by atoms with Crippen LogP contribution in [0.25, 0.3) is 0 Å². The lowest BCUT2D eigenvalue weighted by Crippen LogP contribution is -1.98. The number of hydrogen-bond acceptors (Lipinski definition) is 3. The Morgan fingerprint density at radius 3 is 2.91 bits per heavy atom. The zero-order chi connectivity index (χ0) is 8.27. The average Bonchev–Trinajstić information content (AvgIpc) is 2.34. The number of aryl methyl sites for hydroxylation is 1. The van der Waals surface area contributed by atoms with Crippen molar-refractivity contribution in [3.63, 3.8) is 0 Å². The topological polar surface area (TPSA) is 54.5 Å². The third-order valence-electron chi connectivity index (χ3n) is 1.22. The molecular weight excluding hydrogens is 208 g/mol. The Balaban J connectivity index is 2.93. The number of nitrogens with zero attached hydrogens (tertiary/aromatic N) is 4. The Morgan fingerprint density at radius 2 is 2.45 bits per heavy atom. The molecule has 0 unspecified atom stereocenters. The number of hydrogen-bond donors (Lipinski definition) is 0. The Kier molecular flexibility index (Phi) is 2.60.